The third-order valence-corrected chi connectivity index (χ3v) is 4.38. The summed E-state index contributed by atoms with van der Waals surface area (Å²) in [5.41, 5.74) is 0.835. The standard InChI is InChI=1S/C17H16BrN5O2/c1-22(2)16(24)10-23-9-15(20-21-23)17(25)19-14-8-7-13(18)11-5-3-4-6-12(11)14/h3-9H,10H2,1-2H3,(H,19,25). The van der Waals surface area contributed by atoms with Crippen LogP contribution in [0.1, 0.15) is 10.5 Å². The van der Waals surface area contributed by atoms with Crippen molar-refractivity contribution in [1.29, 1.82) is 0 Å². The van der Waals surface area contributed by atoms with Gasteiger partial charge in [0, 0.05) is 29.6 Å². The molecular formula is C17H16BrN5O2. The number of halogens is 1. The van der Waals surface area contributed by atoms with Gasteiger partial charge < -0.3 is 10.2 Å². The lowest BCUT2D eigenvalue weighted by Crippen LogP contribution is -2.26. The molecule has 1 N–H and O–H groups in total. The second-order valence-corrected chi connectivity index (χ2v) is 6.54. The van der Waals surface area contributed by atoms with E-state index in [1.165, 1.54) is 15.8 Å². The summed E-state index contributed by atoms with van der Waals surface area (Å²) in [6.07, 6.45) is 1.46. The number of hydrogen-bond donors (Lipinski definition) is 1. The molecule has 0 spiro atoms. The van der Waals surface area contributed by atoms with Crippen LogP contribution in [0.3, 0.4) is 0 Å². The molecule has 0 aliphatic heterocycles. The molecule has 1 aromatic heterocycles. The Morgan fingerprint density at radius 3 is 2.60 bits per heavy atom. The Hall–Kier alpha value is -2.74. The number of fused-ring (bicyclic) bond motifs is 1. The highest BCUT2D eigenvalue weighted by Gasteiger charge is 2.15. The molecule has 0 saturated heterocycles. The molecule has 0 radical (unpaired) electrons. The van der Waals surface area contributed by atoms with E-state index in [2.05, 4.69) is 31.6 Å². The van der Waals surface area contributed by atoms with Crippen molar-refractivity contribution in [2.45, 2.75) is 6.54 Å². The summed E-state index contributed by atoms with van der Waals surface area (Å²) in [5, 5.41) is 12.4. The van der Waals surface area contributed by atoms with Crippen LogP contribution in [0, 0.1) is 0 Å². The normalized spacial score (nSPS) is 10.7. The molecule has 25 heavy (non-hydrogen) atoms. The molecule has 3 aromatic rings. The van der Waals surface area contributed by atoms with E-state index < -0.39 is 0 Å². The summed E-state index contributed by atoms with van der Waals surface area (Å²) in [4.78, 5) is 25.6. The molecule has 0 unspecified atom stereocenters. The van der Waals surface area contributed by atoms with E-state index >= 15 is 0 Å². The van der Waals surface area contributed by atoms with Crippen LogP contribution in [0.2, 0.25) is 0 Å². The minimum Gasteiger partial charge on any atom is -0.347 e. The number of aromatic nitrogens is 3. The lowest BCUT2D eigenvalue weighted by molar-refractivity contribution is -0.129. The van der Waals surface area contributed by atoms with Gasteiger partial charge in [0.1, 0.15) is 6.54 Å². The van der Waals surface area contributed by atoms with Crippen LogP contribution in [-0.4, -0.2) is 45.8 Å². The fourth-order valence-corrected chi connectivity index (χ4v) is 2.80. The smallest absolute Gasteiger partial charge is 0.277 e. The first-order chi connectivity index (χ1) is 12.0. The fourth-order valence-electron chi connectivity index (χ4n) is 2.32. The van der Waals surface area contributed by atoms with Crippen molar-refractivity contribution in [2.75, 3.05) is 19.4 Å². The van der Waals surface area contributed by atoms with Gasteiger partial charge in [0.2, 0.25) is 5.91 Å². The quantitative estimate of drug-likeness (QED) is 0.728. The molecule has 0 fully saturated rings. The largest absolute Gasteiger partial charge is 0.347 e. The Kier molecular flexibility index (Phi) is 4.80. The molecule has 3 rings (SSSR count). The number of nitrogens with one attached hydrogen (secondary N) is 1. The van der Waals surface area contributed by atoms with Crippen molar-refractivity contribution in [1.82, 2.24) is 19.9 Å². The van der Waals surface area contributed by atoms with Gasteiger partial charge in [0.05, 0.1) is 6.20 Å². The molecule has 1 heterocycles. The second-order valence-electron chi connectivity index (χ2n) is 5.68. The van der Waals surface area contributed by atoms with Crippen molar-refractivity contribution in [2.24, 2.45) is 0 Å². The van der Waals surface area contributed by atoms with Gasteiger partial charge in [-0.3, -0.25) is 9.59 Å². The Balaban J connectivity index is 1.81. The molecule has 8 heteroatoms. The van der Waals surface area contributed by atoms with E-state index in [1.807, 2.05) is 36.4 Å². The number of likely N-dealkylation sites (N-methyl/N-ethyl adjacent to an activating group) is 1. The summed E-state index contributed by atoms with van der Waals surface area (Å²) in [5.74, 6) is -0.508. The summed E-state index contributed by atoms with van der Waals surface area (Å²) < 4.78 is 2.30. The van der Waals surface area contributed by atoms with Gasteiger partial charge in [-0.1, -0.05) is 45.4 Å². The van der Waals surface area contributed by atoms with Crippen molar-refractivity contribution < 1.29 is 9.59 Å². The zero-order valence-corrected chi connectivity index (χ0v) is 15.3. The number of carbonyl (C=O) groups is 2. The zero-order chi connectivity index (χ0) is 18.0. The van der Waals surface area contributed by atoms with Crippen LogP contribution in [0.25, 0.3) is 10.8 Å². The van der Waals surface area contributed by atoms with E-state index in [1.54, 1.807) is 14.1 Å². The van der Waals surface area contributed by atoms with Crippen LogP contribution >= 0.6 is 15.9 Å². The molecular weight excluding hydrogens is 386 g/mol. The summed E-state index contributed by atoms with van der Waals surface area (Å²) in [6.45, 7) is 0.0362. The third-order valence-electron chi connectivity index (χ3n) is 3.69. The molecule has 0 atom stereocenters. The third kappa shape index (κ3) is 3.69. The van der Waals surface area contributed by atoms with Gasteiger partial charge in [-0.15, -0.1) is 5.10 Å². The van der Waals surface area contributed by atoms with Gasteiger partial charge >= 0.3 is 0 Å². The average molecular weight is 402 g/mol. The Bertz CT molecular complexity index is 951. The predicted octanol–water partition coefficient (Wildman–Crippen LogP) is 2.53. The number of benzene rings is 2. The van der Waals surface area contributed by atoms with Crippen molar-refractivity contribution >= 4 is 44.2 Å². The van der Waals surface area contributed by atoms with Gasteiger partial charge in [0.25, 0.3) is 5.91 Å². The lowest BCUT2D eigenvalue weighted by Gasteiger charge is -2.09. The molecule has 2 aromatic carbocycles. The minimum atomic E-state index is -0.379. The van der Waals surface area contributed by atoms with Gasteiger partial charge in [-0.2, -0.15) is 0 Å². The highest BCUT2D eigenvalue weighted by Crippen LogP contribution is 2.30. The summed E-state index contributed by atoms with van der Waals surface area (Å²) in [6, 6.07) is 11.5. The van der Waals surface area contributed by atoms with E-state index in [-0.39, 0.29) is 24.1 Å². The second kappa shape index (κ2) is 7.02. The monoisotopic (exact) mass is 401 g/mol. The molecule has 128 valence electrons. The Morgan fingerprint density at radius 1 is 1.16 bits per heavy atom. The van der Waals surface area contributed by atoms with E-state index in [4.69, 9.17) is 0 Å². The number of nitrogens with zero attached hydrogens (tertiary/aromatic N) is 4. The maximum absolute atomic E-state index is 12.4. The predicted molar refractivity (Wildman–Crippen MR) is 98.3 cm³/mol. The van der Waals surface area contributed by atoms with Crippen molar-refractivity contribution in [3.05, 3.63) is 52.8 Å². The molecule has 2 amide bonds. The van der Waals surface area contributed by atoms with Crippen LogP contribution in [0.15, 0.2) is 47.1 Å². The topological polar surface area (TPSA) is 80.1 Å². The van der Waals surface area contributed by atoms with Crippen LogP contribution in [-0.2, 0) is 11.3 Å². The van der Waals surface area contributed by atoms with Gasteiger partial charge in [-0.25, -0.2) is 4.68 Å². The Morgan fingerprint density at radius 2 is 1.88 bits per heavy atom. The summed E-state index contributed by atoms with van der Waals surface area (Å²) >= 11 is 3.51. The number of carbonyl (C=O) groups excluding carboxylic acids is 2. The molecule has 7 nitrogen and oxygen atoms in total. The highest BCUT2D eigenvalue weighted by molar-refractivity contribution is 9.10. The first-order valence-corrected chi connectivity index (χ1v) is 8.34. The van der Waals surface area contributed by atoms with Crippen molar-refractivity contribution in [3.63, 3.8) is 0 Å². The van der Waals surface area contributed by atoms with Crippen LogP contribution < -0.4 is 5.32 Å². The van der Waals surface area contributed by atoms with Crippen LogP contribution in [0.4, 0.5) is 5.69 Å². The highest BCUT2D eigenvalue weighted by atomic mass is 79.9. The maximum Gasteiger partial charge on any atom is 0.277 e. The SMILES string of the molecule is CN(C)C(=O)Cn1cc(C(=O)Nc2ccc(Br)c3ccccc23)nn1. The van der Waals surface area contributed by atoms with E-state index in [9.17, 15) is 9.59 Å². The number of amides is 2. The van der Waals surface area contributed by atoms with Crippen molar-refractivity contribution in [3.8, 4) is 0 Å². The summed E-state index contributed by atoms with van der Waals surface area (Å²) in [7, 11) is 3.32. The van der Waals surface area contributed by atoms with E-state index in [0.29, 0.717) is 5.69 Å². The zero-order valence-electron chi connectivity index (χ0n) is 13.7. The minimum absolute atomic E-state index is 0.0362. The van der Waals surface area contributed by atoms with Crippen LogP contribution in [0.5, 0.6) is 0 Å². The number of anilines is 1. The lowest BCUT2D eigenvalue weighted by atomic mass is 10.1. The first-order valence-electron chi connectivity index (χ1n) is 7.54. The van der Waals surface area contributed by atoms with E-state index in [0.717, 1.165) is 15.2 Å². The molecule has 0 aliphatic carbocycles. The Labute approximate surface area is 152 Å². The van der Waals surface area contributed by atoms with Gasteiger partial charge in [0.15, 0.2) is 5.69 Å². The maximum atomic E-state index is 12.4. The molecule has 0 saturated carbocycles. The fraction of sp³-hybridized carbons (Fsp3) is 0.176. The average Bonchev–Trinajstić information content (AvgIpc) is 3.06. The van der Waals surface area contributed by atoms with Gasteiger partial charge in [-0.05, 0) is 17.5 Å². The molecule has 0 bridgehead atoms. The number of hydrogen-bond acceptors (Lipinski definition) is 4. The first kappa shape index (κ1) is 17.1. The molecule has 0 aliphatic rings. The number of rotatable bonds is 4.